The van der Waals surface area contributed by atoms with Gasteiger partial charge in [-0.2, -0.15) is 0 Å². The molecule has 0 bridgehead atoms. The van der Waals surface area contributed by atoms with Crippen LogP contribution in [0.25, 0.3) is 0 Å². The molecule has 0 aliphatic carbocycles. The molecule has 7 nitrogen and oxygen atoms in total. The van der Waals surface area contributed by atoms with Gasteiger partial charge in [-0.1, -0.05) is 30.3 Å². The van der Waals surface area contributed by atoms with E-state index in [0.717, 1.165) is 17.0 Å². The summed E-state index contributed by atoms with van der Waals surface area (Å²) in [6.45, 7) is 0.397. The maximum absolute atomic E-state index is 12.4. The summed E-state index contributed by atoms with van der Waals surface area (Å²) in [7, 11) is 1.59. The molecule has 0 saturated carbocycles. The summed E-state index contributed by atoms with van der Waals surface area (Å²) in [5.74, 6) is 0.447. The molecule has 0 aromatic heterocycles. The van der Waals surface area contributed by atoms with Crippen molar-refractivity contribution < 1.29 is 14.3 Å². The van der Waals surface area contributed by atoms with Gasteiger partial charge in [0.25, 0.3) is 0 Å². The second-order valence-electron chi connectivity index (χ2n) is 5.80. The fraction of sp³-hybridized carbons (Fsp3) is 0.211. The highest BCUT2D eigenvalue weighted by Crippen LogP contribution is 2.15. The number of guanidine groups is 1. The first-order chi connectivity index (χ1) is 12.6. The molecule has 1 aliphatic heterocycles. The predicted octanol–water partition coefficient (Wildman–Crippen LogP) is 1.67. The number of carbonyl (C=O) groups is 2. The fourth-order valence-electron chi connectivity index (χ4n) is 2.52. The second kappa shape index (κ2) is 8.15. The monoisotopic (exact) mass is 352 g/mol. The first kappa shape index (κ1) is 17.5. The van der Waals surface area contributed by atoms with Crippen molar-refractivity contribution in [2.75, 3.05) is 12.4 Å². The number of nitrogens with one attached hydrogen (secondary N) is 3. The average Bonchev–Trinajstić information content (AvgIpc) is 2.67. The van der Waals surface area contributed by atoms with E-state index in [9.17, 15) is 9.59 Å². The van der Waals surface area contributed by atoms with Crippen molar-refractivity contribution in [1.29, 1.82) is 0 Å². The van der Waals surface area contributed by atoms with Crippen LogP contribution < -0.4 is 20.7 Å². The molecule has 0 unspecified atom stereocenters. The predicted molar refractivity (Wildman–Crippen MR) is 98.9 cm³/mol. The van der Waals surface area contributed by atoms with Crippen molar-refractivity contribution in [2.24, 2.45) is 4.99 Å². The molecule has 0 saturated heterocycles. The van der Waals surface area contributed by atoms with Gasteiger partial charge in [0.05, 0.1) is 13.5 Å². The van der Waals surface area contributed by atoms with E-state index in [1.165, 1.54) is 0 Å². The van der Waals surface area contributed by atoms with E-state index in [4.69, 9.17) is 4.74 Å². The number of hydrogen-bond donors (Lipinski definition) is 3. The van der Waals surface area contributed by atoms with Gasteiger partial charge in [0, 0.05) is 12.2 Å². The number of hydrogen-bond acceptors (Lipinski definition) is 5. The van der Waals surface area contributed by atoms with Crippen LogP contribution in [0.5, 0.6) is 5.75 Å². The number of carbonyl (C=O) groups excluding carboxylic acids is 2. The molecule has 3 rings (SSSR count). The van der Waals surface area contributed by atoms with E-state index >= 15 is 0 Å². The van der Waals surface area contributed by atoms with Crippen LogP contribution >= 0.6 is 0 Å². The minimum absolute atomic E-state index is 0.0222. The lowest BCUT2D eigenvalue weighted by Gasteiger charge is -2.21. The first-order valence-corrected chi connectivity index (χ1v) is 8.24. The fourth-order valence-corrected chi connectivity index (χ4v) is 2.52. The van der Waals surface area contributed by atoms with Crippen LogP contribution in [0.3, 0.4) is 0 Å². The lowest BCUT2D eigenvalue weighted by atomic mass is 10.1. The third kappa shape index (κ3) is 4.60. The highest BCUT2D eigenvalue weighted by molar-refractivity contribution is 6.08. The van der Waals surface area contributed by atoms with E-state index in [-0.39, 0.29) is 24.2 Å². The van der Waals surface area contributed by atoms with E-state index in [0.29, 0.717) is 6.54 Å². The molecule has 3 N–H and O–H groups in total. The van der Waals surface area contributed by atoms with Crippen LogP contribution in [0, 0.1) is 0 Å². The van der Waals surface area contributed by atoms with Gasteiger partial charge in [0.15, 0.2) is 0 Å². The van der Waals surface area contributed by atoms with Crippen molar-refractivity contribution in [1.82, 2.24) is 10.6 Å². The van der Waals surface area contributed by atoms with Crippen molar-refractivity contribution in [3.05, 3.63) is 60.2 Å². The van der Waals surface area contributed by atoms with Crippen LogP contribution in [0.2, 0.25) is 0 Å². The van der Waals surface area contributed by atoms with Crippen LogP contribution in [0.4, 0.5) is 5.69 Å². The first-order valence-electron chi connectivity index (χ1n) is 8.24. The molecule has 0 radical (unpaired) electrons. The van der Waals surface area contributed by atoms with Crippen molar-refractivity contribution in [3.63, 3.8) is 0 Å². The van der Waals surface area contributed by atoms with E-state index in [1.54, 1.807) is 31.4 Å². The second-order valence-corrected chi connectivity index (χ2v) is 5.80. The number of anilines is 1. The molecule has 0 spiro atoms. The quantitative estimate of drug-likeness (QED) is 0.763. The van der Waals surface area contributed by atoms with Gasteiger partial charge in [-0.3, -0.25) is 14.9 Å². The zero-order valence-corrected chi connectivity index (χ0v) is 14.4. The molecular weight excluding hydrogens is 332 g/mol. The van der Waals surface area contributed by atoms with Gasteiger partial charge in [-0.05, 0) is 29.8 Å². The third-order valence-electron chi connectivity index (χ3n) is 3.89. The molecule has 0 fully saturated rings. The molecule has 2 aromatic rings. The molecule has 134 valence electrons. The summed E-state index contributed by atoms with van der Waals surface area (Å²) in [6, 6.07) is 16.0. The van der Waals surface area contributed by atoms with Crippen molar-refractivity contribution in [2.45, 2.75) is 19.0 Å². The van der Waals surface area contributed by atoms with Gasteiger partial charge in [0.2, 0.25) is 17.8 Å². The topological polar surface area (TPSA) is 91.8 Å². The maximum atomic E-state index is 12.4. The zero-order valence-electron chi connectivity index (χ0n) is 14.4. The molecular formula is C19H20N4O3. The number of rotatable bonds is 5. The molecule has 1 heterocycles. The lowest BCUT2D eigenvalue weighted by Crippen LogP contribution is -2.47. The summed E-state index contributed by atoms with van der Waals surface area (Å²) in [5.41, 5.74) is 1.72. The van der Waals surface area contributed by atoms with Gasteiger partial charge < -0.3 is 15.4 Å². The molecule has 7 heteroatoms. The standard InChI is InChI=1S/C19H20N4O3/c1-26-15-9-7-14(8-10-15)21-19-22-16(11-17(24)23-19)18(25)20-12-13-5-3-2-4-6-13/h2-10,16H,11-12H2,1H3,(H,20,25)(H2,21,22,23,24)/t16-/m1/s1. The Hall–Kier alpha value is -3.35. The number of benzene rings is 2. The Morgan fingerprint density at radius 3 is 2.62 bits per heavy atom. The minimum Gasteiger partial charge on any atom is -0.497 e. The molecule has 2 amide bonds. The Balaban J connectivity index is 1.63. The Labute approximate surface area is 151 Å². The summed E-state index contributed by atoms with van der Waals surface area (Å²) in [4.78, 5) is 28.6. The Morgan fingerprint density at radius 2 is 1.92 bits per heavy atom. The number of methoxy groups -OCH3 is 1. The molecule has 1 aliphatic rings. The van der Waals surface area contributed by atoms with Crippen molar-refractivity contribution in [3.8, 4) is 5.75 Å². The van der Waals surface area contributed by atoms with Crippen LogP contribution in [-0.2, 0) is 16.1 Å². The number of nitrogens with zero attached hydrogens (tertiary/aromatic N) is 1. The number of ether oxygens (including phenoxy) is 1. The average molecular weight is 352 g/mol. The zero-order chi connectivity index (χ0) is 18.4. The summed E-state index contributed by atoms with van der Waals surface area (Å²) in [6.07, 6.45) is 0.0222. The Morgan fingerprint density at radius 1 is 1.19 bits per heavy atom. The smallest absolute Gasteiger partial charge is 0.245 e. The number of amides is 2. The maximum Gasteiger partial charge on any atom is 0.245 e. The lowest BCUT2D eigenvalue weighted by molar-refractivity contribution is -0.127. The summed E-state index contributed by atoms with van der Waals surface area (Å²) < 4.78 is 5.11. The van der Waals surface area contributed by atoms with Gasteiger partial charge >= 0.3 is 0 Å². The van der Waals surface area contributed by atoms with Crippen LogP contribution in [0.15, 0.2) is 59.6 Å². The molecule has 26 heavy (non-hydrogen) atoms. The summed E-state index contributed by atoms with van der Waals surface area (Å²) in [5, 5.41) is 8.46. The largest absolute Gasteiger partial charge is 0.497 e. The van der Waals surface area contributed by atoms with E-state index in [2.05, 4.69) is 20.9 Å². The van der Waals surface area contributed by atoms with Gasteiger partial charge in [-0.25, -0.2) is 4.99 Å². The van der Waals surface area contributed by atoms with Crippen LogP contribution in [0.1, 0.15) is 12.0 Å². The van der Waals surface area contributed by atoms with E-state index < -0.39 is 6.04 Å². The minimum atomic E-state index is -0.756. The highest BCUT2D eigenvalue weighted by Gasteiger charge is 2.26. The highest BCUT2D eigenvalue weighted by atomic mass is 16.5. The van der Waals surface area contributed by atoms with Crippen molar-refractivity contribution >= 4 is 23.5 Å². The van der Waals surface area contributed by atoms with Gasteiger partial charge in [-0.15, -0.1) is 0 Å². The molecule has 2 aromatic carbocycles. The summed E-state index contributed by atoms with van der Waals surface area (Å²) >= 11 is 0. The SMILES string of the molecule is COc1ccc(NC2=N[C@@H](C(=O)NCc3ccccc3)CC(=O)N2)cc1. The Kier molecular flexibility index (Phi) is 5.48. The van der Waals surface area contributed by atoms with Gasteiger partial charge in [0.1, 0.15) is 11.8 Å². The van der Waals surface area contributed by atoms with E-state index in [1.807, 2.05) is 30.3 Å². The molecule has 1 atom stereocenters. The van der Waals surface area contributed by atoms with Crippen LogP contribution in [-0.4, -0.2) is 30.9 Å². The normalized spacial score (nSPS) is 16.3. The Bertz CT molecular complexity index is 803. The number of aliphatic imine (C=N–C) groups is 1. The third-order valence-corrected chi connectivity index (χ3v) is 3.89.